The van der Waals surface area contributed by atoms with Crippen LogP contribution in [0.4, 0.5) is 4.79 Å². The summed E-state index contributed by atoms with van der Waals surface area (Å²) in [7, 11) is 1.21. The van der Waals surface area contributed by atoms with Gasteiger partial charge in [-0.15, -0.1) is 0 Å². The van der Waals surface area contributed by atoms with Gasteiger partial charge in [0, 0.05) is 6.54 Å². The van der Waals surface area contributed by atoms with Gasteiger partial charge in [0.1, 0.15) is 30.9 Å². The average molecular weight is 465 g/mol. The smallest absolute Gasteiger partial charge is 0.408 e. The molecule has 1 rings (SSSR count). The molecule has 0 unspecified atom stereocenters. The number of hydrogen-bond donors (Lipinski definition) is 2. The van der Waals surface area contributed by atoms with Crippen LogP contribution in [0, 0.1) is 0 Å². The molecule has 1 amide bonds. The first kappa shape index (κ1) is 27.6. The second-order valence-corrected chi connectivity index (χ2v) is 7.95. The van der Waals surface area contributed by atoms with E-state index in [-0.39, 0.29) is 13.2 Å². The van der Waals surface area contributed by atoms with E-state index in [2.05, 4.69) is 17.2 Å². The molecule has 0 radical (unpaired) electrons. The molecule has 0 saturated heterocycles. The quantitative estimate of drug-likeness (QED) is 0.270. The highest BCUT2D eigenvalue weighted by atomic mass is 16.6. The molecule has 1 aromatic carbocycles. The Balaban J connectivity index is 2.80. The van der Waals surface area contributed by atoms with Gasteiger partial charge in [-0.2, -0.15) is 0 Å². The predicted octanol–water partition coefficient (Wildman–Crippen LogP) is 1.87. The van der Waals surface area contributed by atoms with Crippen LogP contribution >= 0.6 is 0 Å². The molecule has 0 aliphatic rings. The van der Waals surface area contributed by atoms with Gasteiger partial charge >= 0.3 is 24.0 Å². The van der Waals surface area contributed by atoms with Gasteiger partial charge in [-0.25, -0.2) is 9.59 Å². The average Bonchev–Trinajstić information content (AvgIpc) is 2.76. The van der Waals surface area contributed by atoms with E-state index < -0.39 is 48.1 Å². The molecule has 0 bridgehead atoms. The largest absolute Gasteiger partial charge is 0.468 e. The lowest BCUT2D eigenvalue weighted by atomic mass is 10.2. The van der Waals surface area contributed by atoms with Crippen LogP contribution in [-0.4, -0.2) is 62.0 Å². The Morgan fingerprint density at radius 1 is 1.03 bits per heavy atom. The summed E-state index contributed by atoms with van der Waals surface area (Å²) in [6.45, 7) is 8.28. The number of carbonyl (C=O) groups excluding carboxylic acids is 4. The summed E-state index contributed by atoms with van der Waals surface area (Å²) in [5.74, 6) is -2.33. The van der Waals surface area contributed by atoms with Gasteiger partial charge in [0.2, 0.25) is 0 Å². The number of methoxy groups -OCH3 is 1. The lowest BCUT2D eigenvalue weighted by Crippen LogP contribution is -2.47. The maximum Gasteiger partial charge on any atom is 0.408 e. The third-order valence-electron chi connectivity index (χ3n) is 3.98. The third-order valence-corrected chi connectivity index (χ3v) is 3.98. The van der Waals surface area contributed by atoms with Crippen LogP contribution in [-0.2, 0) is 39.9 Å². The lowest BCUT2D eigenvalue weighted by molar-refractivity contribution is -0.155. The first-order valence-electron chi connectivity index (χ1n) is 10.3. The van der Waals surface area contributed by atoms with Crippen molar-refractivity contribution in [2.45, 2.75) is 51.4 Å². The highest BCUT2D eigenvalue weighted by Gasteiger charge is 2.30. The van der Waals surface area contributed by atoms with Gasteiger partial charge in [-0.05, 0) is 26.3 Å². The van der Waals surface area contributed by atoms with Crippen molar-refractivity contribution < 1.29 is 38.1 Å². The molecule has 2 atom stereocenters. The Morgan fingerprint density at radius 2 is 1.70 bits per heavy atom. The lowest BCUT2D eigenvalue weighted by Gasteiger charge is -2.23. The molecular weight excluding hydrogens is 432 g/mol. The number of nitrogens with one attached hydrogen (secondary N) is 2. The van der Waals surface area contributed by atoms with Crippen LogP contribution in [0.25, 0.3) is 0 Å². The molecule has 33 heavy (non-hydrogen) atoms. The number of hydrogen-bond acceptors (Lipinski definition) is 9. The number of rotatable bonds is 12. The third kappa shape index (κ3) is 11.7. The van der Waals surface area contributed by atoms with E-state index in [0.29, 0.717) is 6.54 Å². The molecular formula is C23H32N2O8. The molecule has 0 spiro atoms. The fourth-order valence-corrected chi connectivity index (χ4v) is 2.48. The molecule has 0 aliphatic carbocycles. The van der Waals surface area contributed by atoms with Gasteiger partial charge in [0.15, 0.2) is 0 Å². The topological polar surface area (TPSA) is 129 Å². The number of ether oxygens (including phenoxy) is 4. The molecule has 0 fully saturated rings. The van der Waals surface area contributed by atoms with Crippen molar-refractivity contribution in [3.05, 3.63) is 48.6 Å². The number of benzene rings is 1. The van der Waals surface area contributed by atoms with Gasteiger partial charge < -0.3 is 24.3 Å². The van der Waals surface area contributed by atoms with E-state index in [9.17, 15) is 19.2 Å². The second-order valence-electron chi connectivity index (χ2n) is 7.95. The Kier molecular flexibility index (Phi) is 11.6. The van der Waals surface area contributed by atoms with Crippen LogP contribution in [0.15, 0.2) is 43.0 Å². The van der Waals surface area contributed by atoms with Crippen LogP contribution in [0.1, 0.15) is 32.8 Å². The highest BCUT2D eigenvalue weighted by Crippen LogP contribution is 2.08. The zero-order valence-electron chi connectivity index (χ0n) is 19.4. The Bertz CT molecular complexity index is 804. The number of amides is 1. The van der Waals surface area contributed by atoms with Gasteiger partial charge in [-0.1, -0.05) is 43.0 Å². The number of esters is 3. The van der Waals surface area contributed by atoms with Gasteiger partial charge in [-0.3, -0.25) is 14.9 Å². The minimum atomic E-state index is -1.38. The summed E-state index contributed by atoms with van der Waals surface area (Å²) in [6, 6.07) is 6.94. The first-order valence-corrected chi connectivity index (χ1v) is 10.3. The second kappa shape index (κ2) is 13.9. The van der Waals surface area contributed by atoms with E-state index >= 15 is 0 Å². The summed E-state index contributed by atoms with van der Waals surface area (Å²) in [5.41, 5.74) is 0.0892. The fourth-order valence-electron chi connectivity index (χ4n) is 2.48. The van der Waals surface area contributed by atoms with Crippen molar-refractivity contribution >= 4 is 24.0 Å². The summed E-state index contributed by atoms with van der Waals surface area (Å²) in [6.07, 6.45) is -0.0364. The molecule has 0 aromatic heterocycles. The van der Waals surface area contributed by atoms with Gasteiger partial charge in [0.05, 0.1) is 13.5 Å². The van der Waals surface area contributed by atoms with Crippen molar-refractivity contribution in [2.75, 3.05) is 20.3 Å². The molecule has 10 nitrogen and oxygen atoms in total. The molecule has 0 heterocycles. The van der Waals surface area contributed by atoms with Crippen molar-refractivity contribution in [2.24, 2.45) is 0 Å². The summed E-state index contributed by atoms with van der Waals surface area (Å²) in [4.78, 5) is 48.8. The zero-order chi connectivity index (χ0) is 24.9. The predicted molar refractivity (Wildman–Crippen MR) is 119 cm³/mol. The summed E-state index contributed by atoms with van der Waals surface area (Å²) >= 11 is 0. The van der Waals surface area contributed by atoms with Crippen LogP contribution in [0.5, 0.6) is 0 Å². The minimum absolute atomic E-state index is 0.0547. The van der Waals surface area contributed by atoms with Crippen LogP contribution in [0.3, 0.4) is 0 Å². The normalized spacial score (nSPS) is 12.6. The van der Waals surface area contributed by atoms with E-state index in [1.807, 2.05) is 30.3 Å². The van der Waals surface area contributed by atoms with Crippen molar-refractivity contribution in [3.63, 3.8) is 0 Å². The first-order chi connectivity index (χ1) is 15.6. The number of carbonyl (C=O) groups is 4. The van der Waals surface area contributed by atoms with E-state index in [1.54, 1.807) is 20.8 Å². The van der Waals surface area contributed by atoms with Crippen molar-refractivity contribution in [1.29, 1.82) is 0 Å². The molecule has 1 aromatic rings. The Hall–Kier alpha value is -3.40. The maximum absolute atomic E-state index is 12.6. The molecule has 2 N–H and O–H groups in total. The SMILES string of the molecule is C=CCOC(=O)C[C@H](NC(=O)OC(C)(C)C)C(=O)OC[C@@H](NCc1ccccc1)C(=O)OC. The van der Waals surface area contributed by atoms with Crippen LogP contribution in [0.2, 0.25) is 0 Å². The zero-order valence-corrected chi connectivity index (χ0v) is 19.4. The van der Waals surface area contributed by atoms with E-state index in [1.165, 1.54) is 13.2 Å². The Labute approximate surface area is 193 Å². The maximum atomic E-state index is 12.6. The molecule has 0 aliphatic heterocycles. The van der Waals surface area contributed by atoms with Crippen LogP contribution < -0.4 is 10.6 Å². The highest BCUT2D eigenvalue weighted by molar-refractivity contribution is 5.86. The van der Waals surface area contributed by atoms with E-state index in [4.69, 9.17) is 18.9 Å². The molecule has 182 valence electrons. The summed E-state index contributed by atoms with van der Waals surface area (Å²) < 4.78 is 20.0. The monoisotopic (exact) mass is 464 g/mol. The van der Waals surface area contributed by atoms with E-state index in [0.717, 1.165) is 5.56 Å². The van der Waals surface area contributed by atoms with Crippen molar-refractivity contribution in [3.8, 4) is 0 Å². The Morgan fingerprint density at radius 3 is 2.27 bits per heavy atom. The number of alkyl carbamates (subject to hydrolysis) is 1. The van der Waals surface area contributed by atoms with Crippen molar-refractivity contribution in [1.82, 2.24) is 10.6 Å². The minimum Gasteiger partial charge on any atom is -0.468 e. The van der Waals surface area contributed by atoms with Gasteiger partial charge in [0.25, 0.3) is 0 Å². The molecule has 10 heteroatoms. The summed E-state index contributed by atoms with van der Waals surface area (Å²) in [5, 5.41) is 5.26. The standard InChI is InChI=1S/C23H32N2O8/c1-6-12-31-19(26)13-17(25-22(29)33-23(2,3)4)21(28)32-15-18(20(27)30-5)24-14-16-10-8-7-9-11-16/h6-11,17-18,24H,1,12-15H2,2-5H3,(H,25,29)/t17-,18+/m0/s1. The fraction of sp³-hybridized carbons (Fsp3) is 0.478. The molecule has 0 saturated carbocycles.